The Morgan fingerprint density at radius 1 is 0.941 bits per heavy atom. The average molecular weight is 460 g/mol. The molecule has 1 fully saturated rings. The minimum absolute atomic E-state index is 0.130. The normalized spacial score (nSPS) is 22.6. The number of hydrogen-bond acceptors (Lipinski definition) is 5. The molecule has 2 aliphatic heterocycles. The van der Waals surface area contributed by atoms with Crippen molar-refractivity contribution in [2.75, 3.05) is 32.8 Å². The number of hydrogen-bond donors (Lipinski definition) is 2. The smallest absolute Gasteiger partial charge is 0.129 e. The van der Waals surface area contributed by atoms with E-state index in [1.807, 2.05) is 54.6 Å². The van der Waals surface area contributed by atoms with Crippen LogP contribution >= 0.6 is 0 Å². The van der Waals surface area contributed by atoms with E-state index in [9.17, 15) is 10.2 Å². The van der Waals surface area contributed by atoms with Crippen molar-refractivity contribution >= 4 is 0 Å². The highest BCUT2D eigenvalue weighted by atomic mass is 16.5. The number of rotatable bonds is 7. The molecule has 5 nitrogen and oxygen atoms in total. The largest absolute Gasteiger partial charge is 0.508 e. The van der Waals surface area contributed by atoms with Crippen LogP contribution in [0.2, 0.25) is 0 Å². The van der Waals surface area contributed by atoms with E-state index >= 15 is 0 Å². The molecule has 0 aromatic heterocycles. The van der Waals surface area contributed by atoms with Gasteiger partial charge in [-0.3, -0.25) is 4.90 Å². The summed E-state index contributed by atoms with van der Waals surface area (Å²) in [5.74, 6) is 1.29. The van der Waals surface area contributed by atoms with Gasteiger partial charge in [-0.1, -0.05) is 48.9 Å². The summed E-state index contributed by atoms with van der Waals surface area (Å²) in [5, 5.41) is 22.1. The van der Waals surface area contributed by atoms with Crippen LogP contribution in [0.5, 0.6) is 17.2 Å². The molecule has 0 aliphatic carbocycles. The molecule has 2 atom stereocenters. The Balaban J connectivity index is 1.33. The van der Waals surface area contributed by atoms with Gasteiger partial charge in [0.25, 0.3) is 0 Å². The van der Waals surface area contributed by atoms with E-state index < -0.39 is 5.60 Å². The summed E-state index contributed by atoms with van der Waals surface area (Å²) in [6, 6.07) is 23.0. The predicted molar refractivity (Wildman–Crippen MR) is 133 cm³/mol. The van der Waals surface area contributed by atoms with Crippen molar-refractivity contribution < 1.29 is 19.7 Å². The molecular weight excluding hydrogens is 426 g/mol. The highest BCUT2D eigenvalue weighted by Gasteiger charge is 2.45. The van der Waals surface area contributed by atoms with E-state index in [2.05, 4.69) is 4.90 Å². The van der Waals surface area contributed by atoms with Crippen LogP contribution in [0.15, 0.2) is 72.8 Å². The lowest BCUT2D eigenvalue weighted by molar-refractivity contribution is -0.0256. The monoisotopic (exact) mass is 459 g/mol. The lowest BCUT2D eigenvalue weighted by atomic mass is 9.72. The number of likely N-dealkylation sites (tertiary alicyclic amines) is 1. The van der Waals surface area contributed by atoms with Crippen molar-refractivity contribution in [1.82, 2.24) is 4.90 Å². The van der Waals surface area contributed by atoms with Crippen LogP contribution < -0.4 is 9.47 Å². The molecule has 34 heavy (non-hydrogen) atoms. The maximum absolute atomic E-state index is 12.1. The molecule has 2 N–H and O–H groups in total. The van der Waals surface area contributed by atoms with Gasteiger partial charge in [0.1, 0.15) is 29.5 Å². The predicted octanol–water partition coefficient (Wildman–Crippen LogP) is 4.86. The maximum atomic E-state index is 12.1. The molecule has 3 aromatic rings. The number of benzene rings is 3. The fourth-order valence-corrected chi connectivity index (χ4v) is 5.25. The number of piperidine rings is 1. The molecule has 0 radical (unpaired) electrons. The van der Waals surface area contributed by atoms with E-state index in [1.54, 1.807) is 18.2 Å². The quantitative estimate of drug-likeness (QED) is 0.528. The number of phenolic OH excluding ortho intramolecular Hbond substituents is 1. The fraction of sp³-hybridized carbons (Fsp3) is 0.379. The van der Waals surface area contributed by atoms with Crippen LogP contribution in [-0.2, 0) is 12.0 Å². The molecule has 0 bridgehead atoms. The first-order valence-electron chi connectivity index (χ1n) is 12.3. The van der Waals surface area contributed by atoms with Crippen LogP contribution in [0.1, 0.15) is 41.9 Å². The molecule has 3 aromatic carbocycles. The number of ether oxygens (including phenoxy) is 2. The van der Waals surface area contributed by atoms with Crippen molar-refractivity contribution in [2.24, 2.45) is 0 Å². The second-order valence-electron chi connectivity index (χ2n) is 9.45. The lowest BCUT2D eigenvalue weighted by Crippen LogP contribution is -2.42. The summed E-state index contributed by atoms with van der Waals surface area (Å²) in [7, 11) is 0. The number of aromatic hydroxyl groups is 1. The number of fused-ring (bicyclic) bond motifs is 1. The van der Waals surface area contributed by atoms with Crippen molar-refractivity contribution in [3.8, 4) is 17.2 Å². The van der Waals surface area contributed by atoms with E-state index in [0.717, 1.165) is 23.4 Å². The third-order valence-corrected chi connectivity index (χ3v) is 7.14. The third kappa shape index (κ3) is 4.91. The van der Waals surface area contributed by atoms with Crippen LogP contribution in [0, 0.1) is 0 Å². The Morgan fingerprint density at radius 2 is 1.71 bits per heavy atom. The molecule has 1 saturated heterocycles. The summed E-state index contributed by atoms with van der Waals surface area (Å²) in [6.45, 7) is 4.34. The molecule has 5 heteroatoms. The second-order valence-corrected chi connectivity index (χ2v) is 9.45. The van der Waals surface area contributed by atoms with Crippen molar-refractivity contribution in [1.29, 1.82) is 0 Å². The minimum Gasteiger partial charge on any atom is -0.508 e. The van der Waals surface area contributed by atoms with Crippen LogP contribution in [0.3, 0.4) is 0 Å². The molecule has 2 aliphatic rings. The molecule has 5 rings (SSSR count). The third-order valence-electron chi connectivity index (χ3n) is 7.14. The average Bonchev–Trinajstić information content (AvgIpc) is 2.86. The summed E-state index contributed by atoms with van der Waals surface area (Å²) in [6.07, 6.45) is 4.35. The zero-order valence-corrected chi connectivity index (χ0v) is 19.5. The van der Waals surface area contributed by atoms with E-state index in [0.29, 0.717) is 30.9 Å². The molecule has 0 unspecified atom stereocenters. The van der Waals surface area contributed by atoms with Gasteiger partial charge in [-0.2, -0.15) is 0 Å². The van der Waals surface area contributed by atoms with Gasteiger partial charge >= 0.3 is 0 Å². The Kier molecular flexibility index (Phi) is 6.75. The second kappa shape index (κ2) is 10.1. The van der Waals surface area contributed by atoms with Gasteiger partial charge in [0, 0.05) is 24.6 Å². The van der Waals surface area contributed by atoms with Gasteiger partial charge in [0.05, 0.1) is 12.5 Å². The number of phenols is 1. The Hall–Kier alpha value is -3.02. The first-order valence-corrected chi connectivity index (χ1v) is 12.3. The van der Waals surface area contributed by atoms with Crippen LogP contribution in [0.4, 0.5) is 0 Å². The Labute approximate surface area is 201 Å². The van der Waals surface area contributed by atoms with Gasteiger partial charge in [0.2, 0.25) is 0 Å². The van der Waals surface area contributed by atoms with E-state index in [-0.39, 0.29) is 11.7 Å². The Bertz CT molecular complexity index is 1080. The van der Waals surface area contributed by atoms with Gasteiger partial charge in [-0.25, -0.2) is 0 Å². The zero-order valence-electron chi connectivity index (χ0n) is 19.5. The standard InChI is InChI=1S/C29H33NO4/c31-24-11-14-26-28(19-24)34-21-27(23-7-3-1-4-8-23)29(26,32)20-22-9-12-25(13-10-22)33-18-17-30-15-5-2-6-16-30/h1,3-4,7-14,19,27,31-32H,2,5-6,15-18,20-21H2/t27-,29+/m1/s1. The summed E-state index contributed by atoms with van der Waals surface area (Å²) < 4.78 is 12.0. The van der Waals surface area contributed by atoms with Crippen molar-refractivity contribution in [3.05, 3.63) is 89.5 Å². The van der Waals surface area contributed by atoms with E-state index in [4.69, 9.17) is 9.47 Å². The van der Waals surface area contributed by atoms with Crippen molar-refractivity contribution in [2.45, 2.75) is 37.2 Å². The molecule has 0 saturated carbocycles. The minimum atomic E-state index is -1.17. The number of nitrogens with zero attached hydrogens (tertiary/aromatic N) is 1. The molecule has 178 valence electrons. The first kappa shape index (κ1) is 22.8. The van der Waals surface area contributed by atoms with Crippen molar-refractivity contribution in [3.63, 3.8) is 0 Å². The summed E-state index contributed by atoms with van der Waals surface area (Å²) >= 11 is 0. The van der Waals surface area contributed by atoms with Gasteiger partial charge in [-0.15, -0.1) is 0 Å². The zero-order chi connectivity index (χ0) is 23.4. The topological polar surface area (TPSA) is 62.2 Å². The van der Waals surface area contributed by atoms with Crippen LogP contribution in [0.25, 0.3) is 0 Å². The Morgan fingerprint density at radius 3 is 2.47 bits per heavy atom. The van der Waals surface area contributed by atoms with E-state index in [1.165, 1.54) is 32.4 Å². The molecule has 0 amide bonds. The highest BCUT2D eigenvalue weighted by molar-refractivity contribution is 5.48. The fourth-order valence-electron chi connectivity index (χ4n) is 5.25. The maximum Gasteiger partial charge on any atom is 0.129 e. The molecule has 0 spiro atoms. The molecule has 2 heterocycles. The van der Waals surface area contributed by atoms with Crippen LogP contribution in [-0.4, -0.2) is 48.0 Å². The van der Waals surface area contributed by atoms with Gasteiger partial charge < -0.3 is 19.7 Å². The summed E-state index contributed by atoms with van der Waals surface area (Å²) in [5.41, 5.74) is 1.58. The lowest BCUT2D eigenvalue weighted by Gasteiger charge is -2.41. The molecular formula is C29H33NO4. The SMILES string of the molecule is Oc1ccc2c(c1)OC[C@H](c1ccccc1)[C@]2(O)Cc1ccc(OCCN2CCCCC2)cc1. The van der Waals surface area contributed by atoms with Gasteiger partial charge in [0.15, 0.2) is 0 Å². The van der Waals surface area contributed by atoms with Gasteiger partial charge in [-0.05, 0) is 61.3 Å². The number of aliphatic hydroxyl groups is 1. The first-order chi connectivity index (χ1) is 16.6. The highest BCUT2D eigenvalue weighted by Crippen LogP contribution is 2.48. The summed E-state index contributed by atoms with van der Waals surface area (Å²) in [4.78, 5) is 2.47.